The Hall–Kier alpha value is -1.19. The first-order valence-corrected chi connectivity index (χ1v) is 4.56. The highest BCUT2D eigenvalue weighted by Gasteiger charge is 2.27. The van der Waals surface area contributed by atoms with Crippen LogP contribution < -0.4 is 0 Å². The molecule has 72 valence electrons. The van der Waals surface area contributed by atoms with E-state index in [2.05, 4.69) is 24.0 Å². The fraction of sp³-hybridized carbons (Fsp3) is 0.667. The summed E-state index contributed by atoms with van der Waals surface area (Å²) in [5.41, 5.74) is -0.168. The Bertz CT molecular complexity index is 252. The van der Waals surface area contributed by atoms with Gasteiger partial charge in [0.05, 0.1) is 11.9 Å². The molecule has 0 amide bonds. The van der Waals surface area contributed by atoms with E-state index in [-0.39, 0.29) is 5.54 Å². The number of rotatable bonds is 5. The van der Waals surface area contributed by atoms with Gasteiger partial charge in [0.15, 0.2) is 0 Å². The molecule has 0 saturated carbocycles. The summed E-state index contributed by atoms with van der Waals surface area (Å²) < 4.78 is 1.98. The Labute approximate surface area is 78.0 Å². The lowest BCUT2D eigenvalue weighted by molar-refractivity contribution is 0.271. The van der Waals surface area contributed by atoms with Gasteiger partial charge in [-0.1, -0.05) is 19.0 Å². The lowest BCUT2D eigenvalue weighted by Crippen LogP contribution is -2.34. The maximum absolute atomic E-state index is 10.3. The molecule has 1 aromatic heterocycles. The summed E-state index contributed by atoms with van der Waals surface area (Å²) in [5.74, 6) is 0. The van der Waals surface area contributed by atoms with Crippen molar-refractivity contribution in [1.29, 1.82) is 0 Å². The second-order valence-corrected chi connectivity index (χ2v) is 3.19. The van der Waals surface area contributed by atoms with Crippen molar-refractivity contribution in [2.45, 2.75) is 32.2 Å². The molecule has 0 fully saturated rings. The van der Waals surface area contributed by atoms with Crippen molar-refractivity contribution in [3.63, 3.8) is 0 Å². The third kappa shape index (κ3) is 1.76. The zero-order valence-corrected chi connectivity index (χ0v) is 8.10. The fourth-order valence-corrected chi connectivity index (χ4v) is 1.58. The molecule has 0 radical (unpaired) electrons. The lowest BCUT2D eigenvalue weighted by atomic mass is 9.93. The minimum Gasteiger partial charge on any atom is -0.329 e. The van der Waals surface area contributed by atoms with Crippen molar-refractivity contribution in [3.05, 3.63) is 23.6 Å². The Morgan fingerprint density at radius 3 is 2.54 bits per heavy atom. The largest absolute Gasteiger partial charge is 0.329 e. The number of aromatic nitrogens is 2. The molecule has 1 rings (SSSR count). The fourth-order valence-electron chi connectivity index (χ4n) is 1.58. The van der Waals surface area contributed by atoms with Crippen LogP contribution in [-0.2, 0) is 5.54 Å². The Morgan fingerprint density at radius 1 is 1.46 bits per heavy atom. The van der Waals surface area contributed by atoms with E-state index in [1.807, 2.05) is 10.8 Å². The van der Waals surface area contributed by atoms with E-state index in [1.165, 1.54) is 0 Å². The molecule has 0 aliphatic rings. The Morgan fingerprint density at radius 2 is 2.15 bits per heavy atom. The van der Waals surface area contributed by atoms with Crippen LogP contribution in [0.2, 0.25) is 0 Å². The van der Waals surface area contributed by atoms with Gasteiger partial charge in [0.1, 0.15) is 6.54 Å². The molecular formula is C9H15N3O. The monoisotopic (exact) mass is 181 g/mol. The van der Waals surface area contributed by atoms with Crippen molar-refractivity contribution in [1.82, 2.24) is 9.55 Å². The molecule has 0 spiro atoms. The van der Waals surface area contributed by atoms with E-state index in [9.17, 15) is 4.91 Å². The van der Waals surface area contributed by atoms with Crippen molar-refractivity contribution < 1.29 is 0 Å². The molecule has 0 aliphatic carbocycles. The molecule has 0 N–H and O–H groups in total. The standard InChI is InChI=1S/C9H15N3O/c1-3-9(4-2,7-11-13)12-6-5-10-8-12/h5-6,8H,3-4,7H2,1-2H3. The summed E-state index contributed by atoms with van der Waals surface area (Å²) in [4.78, 5) is 14.3. The summed E-state index contributed by atoms with van der Waals surface area (Å²) in [6, 6.07) is 0. The molecular weight excluding hydrogens is 166 g/mol. The van der Waals surface area contributed by atoms with Crippen molar-refractivity contribution in [3.8, 4) is 0 Å². The van der Waals surface area contributed by atoms with Crippen molar-refractivity contribution in [2.24, 2.45) is 5.18 Å². The smallest absolute Gasteiger partial charge is 0.105 e. The molecule has 0 aromatic carbocycles. The van der Waals surface area contributed by atoms with E-state index in [0.29, 0.717) is 6.54 Å². The van der Waals surface area contributed by atoms with Gasteiger partial charge in [-0.25, -0.2) is 4.98 Å². The van der Waals surface area contributed by atoms with E-state index < -0.39 is 0 Å². The molecule has 0 saturated heterocycles. The molecule has 13 heavy (non-hydrogen) atoms. The van der Waals surface area contributed by atoms with Gasteiger partial charge < -0.3 is 4.57 Å². The predicted molar refractivity (Wildman–Crippen MR) is 51.4 cm³/mol. The second kappa shape index (κ2) is 4.16. The first-order valence-electron chi connectivity index (χ1n) is 4.56. The van der Waals surface area contributed by atoms with Crippen LogP contribution in [0.1, 0.15) is 26.7 Å². The van der Waals surface area contributed by atoms with E-state index in [4.69, 9.17) is 0 Å². The van der Waals surface area contributed by atoms with Gasteiger partial charge >= 0.3 is 0 Å². The third-order valence-electron chi connectivity index (χ3n) is 2.73. The topological polar surface area (TPSA) is 47.2 Å². The van der Waals surface area contributed by atoms with Gasteiger partial charge in [-0.3, -0.25) is 0 Å². The third-order valence-corrected chi connectivity index (χ3v) is 2.73. The Kier molecular flexibility index (Phi) is 3.17. The first kappa shape index (κ1) is 9.89. The number of hydrogen-bond acceptors (Lipinski definition) is 3. The van der Waals surface area contributed by atoms with Crippen LogP contribution in [0.15, 0.2) is 23.9 Å². The van der Waals surface area contributed by atoms with Crippen LogP contribution in [-0.4, -0.2) is 16.1 Å². The lowest BCUT2D eigenvalue weighted by Gasteiger charge is -2.30. The predicted octanol–water partition coefficient (Wildman–Crippen LogP) is 2.16. The van der Waals surface area contributed by atoms with Gasteiger partial charge in [0, 0.05) is 12.4 Å². The highest BCUT2D eigenvalue weighted by molar-refractivity contribution is 4.91. The summed E-state index contributed by atoms with van der Waals surface area (Å²) in [5, 5.41) is 3.01. The summed E-state index contributed by atoms with van der Waals surface area (Å²) in [6.07, 6.45) is 7.15. The molecule has 0 aliphatic heterocycles. The minimum atomic E-state index is -0.168. The normalized spacial score (nSPS) is 11.5. The zero-order valence-electron chi connectivity index (χ0n) is 8.10. The van der Waals surface area contributed by atoms with E-state index in [1.54, 1.807) is 12.5 Å². The SMILES string of the molecule is CCC(CC)(CN=O)n1ccnc1. The Balaban J connectivity index is 2.95. The number of imidazole rings is 1. The number of nitroso groups, excluding NO2 is 1. The molecule has 4 heteroatoms. The first-order chi connectivity index (χ1) is 6.29. The van der Waals surface area contributed by atoms with Gasteiger partial charge in [-0.2, -0.15) is 4.91 Å². The van der Waals surface area contributed by atoms with Crippen LogP contribution in [0.4, 0.5) is 0 Å². The maximum Gasteiger partial charge on any atom is 0.105 e. The number of hydrogen-bond donors (Lipinski definition) is 0. The highest BCUT2D eigenvalue weighted by Crippen LogP contribution is 2.25. The quantitative estimate of drug-likeness (QED) is 0.653. The molecule has 0 atom stereocenters. The summed E-state index contributed by atoms with van der Waals surface area (Å²) >= 11 is 0. The zero-order chi connectivity index (χ0) is 9.73. The van der Waals surface area contributed by atoms with E-state index in [0.717, 1.165) is 12.8 Å². The van der Waals surface area contributed by atoms with Crippen molar-refractivity contribution in [2.75, 3.05) is 6.54 Å². The summed E-state index contributed by atoms with van der Waals surface area (Å²) in [6.45, 7) is 4.44. The average molecular weight is 181 g/mol. The van der Waals surface area contributed by atoms with Gasteiger partial charge in [0.2, 0.25) is 0 Å². The summed E-state index contributed by atoms with van der Waals surface area (Å²) in [7, 11) is 0. The van der Waals surface area contributed by atoms with Crippen LogP contribution in [0.5, 0.6) is 0 Å². The molecule has 0 unspecified atom stereocenters. The van der Waals surface area contributed by atoms with Gasteiger partial charge in [-0.15, -0.1) is 0 Å². The van der Waals surface area contributed by atoms with Gasteiger partial charge in [0.25, 0.3) is 0 Å². The maximum atomic E-state index is 10.3. The van der Waals surface area contributed by atoms with Crippen LogP contribution in [0, 0.1) is 4.91 Å². The highest BCUT2D eigenvalue weighted by atomic mass is 16.3. The molecule has 1 aromatic rings. The van der Waals surface area contributed by atoms with Crippen LogP contribution in [0.3, 0.4) is 0 Å². The molecule has 0 bridgehead atoms. The van der Waals surface area contributed by atoms with Crippen LogP contribution in [0.25, 0.3) is 0 Å². The average Bonchev–Trinajstić information content (AvgIpc) is 2.68. The molecule has 4 nitrogen and oxygen atoms in total. The van der Waals surface area contributed by atoms with Crippen LogP contribution >= 0.6 is 0 Å². The molecule has 1 heterocycles. The van der Waals surface area contributed by atoms with E-state index >= 15 is 0 Å². The minimum absolute atomic E-state index is 0.168. The number of nitrogens with zero attached hydrogens (tertiary/aromatic N) is 3. The van der Waals surface area contributed by atoms with Gasteiger partial charge in [-0.05, 0) is 12.8 Å². The van der Waals surface area contributed by atoms with Crippen molar-refractivity contribution >= 4 is 0 Å². The second-order valence-electron chi connectivity index (χ2n) is 3.19.